The Morgan fingerprint density at radius 2 is 1.70 bits per heavy atom. The van der Waals surface area contributed by atoms with Crippen molar-refractivity contribution in [2.45, 2.75) is 32.6 Å². The summed E-state index contributed by atoms with van der Waals surface area (Å²) in [5, 5.41) is 0. The molecule has 0 unspecified atom stereocenters. The molecule has 0 aliphatic carbocycles. The summed E-state index contributed by atoms with van der Waals surface area (Å²) >= 11 is 0. The van der Waals surface area contributed by atoms with E-state index in [0.29, 0.717) is 12.2 Å². The minimum atomic E-state index is 0.298. The SMILES string of the molecule is CC(=O)CCCN1CCN(CCCC#Cc2cncnc2)CC1. The summed E-state index contributed by atoms with van der Waals surface area (Å²) < 4.78 is 0. The molecular weight excluding hydrogens is 288 g/mol. The summed E-state index contributed by atoms with van der Waals surface area (Å²) in [5.74, 6) is 6.58. The zero-order valence-electron chi connectivity index (χ0n) is 14.0. The van der Waals surface area contributed by atoms with Crippen LogP contribution in [0, 0.1) is 11.8 Å². The van der Waals surface area contributed by atoms with E-state index in [1.54, 1.807) is 19.3 Å². The van der Waals surface area contributed by atoms with E-state index in [9.17, 15) is 4.79 Å². The lowest BCUT2D eigenvalue weighted by Gasteiger charge is -2.34. The fraction of sp³-hybridized carbons (Fsp3) is 0.611. The molecule has 2 rings (SSSR count). The molecule has 5 heteroatoms. The lowest BCUT2D eigenvalue weighted by Crippen LogP contribution is -2.46. The van der Waals surface area contributed by atoms with E-state index in [2.05, 4.69) is 31.6 Å². The van der Waals surface area contributed by atoms with E-state index >= 15 is 0 Å². The van der Waals surface area contributed by atoms with E-state index < -0.39 is 0 Å². The summed E-state index contributed by atoms with van der Waals surface area (Å²) in [6, 6.07) is 0. The van der Waals surface area contributed by atoms with Gasteiger partial charge < -0.3 is 14.6 Å². The molecule has 0 saturated carbocycles. The molecule has 0 radical (unpaired) electrons. The highest BCUT2D eigenvalue weighted by Gasteiger charge is 2.15. The number of unbranched alkanes of at least 4 members (excludes halogenated alkanes) is 1. The number of hydrogen-bond acceptors (Lipinski definition) is 5. The summed E-state index contributed by atoms with van der Waals surface area (Å²) in [5.41, 5.74) is 0.881. The van der Waals surface area contributed by atoms with Gasteiger partial charge in [0.15, 0.2) is 0 Å². The first-order valence-corrected chi connectivity index (χ1v) is 8.42. The Kier molecular flexibility index (Phi) is 7.71. The number of rotatable bonds is 7. The summed E-state index contributed by atoms with van der Waals surface area (Å²) in [6.45, 7) is 8.32. The van der Waals surface area contributed by atoms with Crippen LogP contribution < -0.4 is 0 Å². The second-order valence-corrected chi connectivity index (χ2v) is 6.02. The average Bonchev–Trinajstić information content (AvgIpc) is 2.56. The first kappa shape index (κ1) is 17.6. The van der Waals surface area contributed by atoms with Crippen LogP contribution in [0.2, 0.25) is 0 Å². The van der Waals surface area contributed by atoms with Gasteiger partial charge in [-0.25, -0.2) is 9.97 Å². The number of piperazine rings is 1. The van der Waals surface area contributed by atoms with Crippen molar-refractivity contribution in [2.75, 3.05) is 39.3 Å². The molecule has 0 spiro atoms. The molecule has 1 aromatic heterocycles. The predicted molar refractivity (Wildman–Crippen MR) is 90.9 cm³/mol. The Morgan fingerprint density at radius 3 is 2.30 bits per heavy atom. The number of hydrogen-bond donors (Lipinski definition) is 0. The van der Waals surface area contributed by atoms with Gasteiger partial charge in [-0.2, -0.15) is 0 Å². The minimum absolute atomic E-state index is 0.298. The zero-order valence-corrected chi connectivity index (χ0v) is 14.0. The number of ketones is 1. The van der Waals surface area contributed by atoms with Crippen LogP contribution >= 0.6 is 0 Å². The molecule has 124 valence electrons. The normalized spacial score (nSPS) is 15.9. The maximum atomic E-state index is 11.0. The molecule has 0 bridgehead atoms. The van der Waals surface area contributed by atoms with Gasteiger partial charge in [0.05, 0.1) is 5.56 Å². The number of carbonyl (C=O) groups is 1. The van der Waals surface area contributed by atoms with Crippen LogP contribution in [0.1, 0.15) is 38.2 Å². The highest BCUT2D eigenvalue weighted by molar-refractivity contribution is 5.75. The van der Waals surface area contributed by atoms with Crippen molar-refractivity contribution in [3.8, 4) is 11.8 Å². The zero-order chi connectivity index (χ0) is 16.3. The van der Waals surface area contributed by atoms with E-state index in [-0.39, 0.29) is 0 Å². The van der Waals surface area contributed by atoms with E-state index in [4.69, 9.17) is 0 Å². The molecule has 1 aromatic rings. The molecule has 0 atom stereocenters. The molecule has 0 amide bonds. The molecule has 0 N–H and O–H groups in total. The molecule has 0 aromatic carbocycles. The van der Waals surface area contributed by atoms with Gasteiger partial charge in [-0.1, -0.05) is 11.8 Å². The van der Waals surface area contributed by atoms with E-state index in [1.165, 1.54) is 6.33 Å². The van der Waals surface area contributed by atoms with Gasteiger partial charge in [0.1, 0.15) is 12.1 Å². The van der Waals surface area contributed by atoms with Crippen LogP contribution in [0.15, 0.2) is 18.7 Å². The smallest absolute Gasteiger partial charge is 0.129 e. The topological polar surface area (TPSA) is 49.3 Å². The van der Waals surface area contributed by atoms with E-state index in [0.717, 1.165) is 64.1 Å². The lowest BCUT2D eigenvalue weighted by molar-refractivity contribution is -0.117. The number of carbonyl (C=O) groups excluding carboxylic acids is 1. The first-order chi connectivity index (χ1) is 11.2. The van der Waals surface area contributed by atoms with Gasteiger partial charge in [0, 0.05) is 51.4 Å². The third-order valence-corrected chi connectivity index (χ3v) is 4.04. The van der Waals surface area contributed by atoms with Crippen molar-refractivity contribution in [3.05, 3.63) is 24.3 Å². The predicted octanol–water partition coefficient (Wildman–Crippen LogP) is 1.60. The van der Waals surface area contributed by atoms with Crippen LogP contribution in [-0.4, -0.2) is 64.8 Å². The van der Waals surface area contributed by atoms with Gasteiger partial charge in [-0.15, -0.1) is 0 Å². The Labute approximate surface area is 139 Å². The van der Waals surface area contributed by atoms with Gasteiger partial charge >= 0.3 is 0 Å². The fourth-order valence-corrected chi connectivity index (χ4v) is 2.71. The van der Waals surface area contributed by atoms with Gasteiger partial charge in [0.2, 0.25) is 0 Å². The standard InChI is InChI=1S/C18H26N4O/c1-17(23)6-5-9-22-12-10-21(11-13-22)8-4-2-3-7-18-14-19-16-20-15-18/h14-16H,2,4-6,8-13H2,1H3. The third kappa shape index (κ3) is 7.36. The van der Waals surface area contributed by atoms with Crippen molar-refractivity contribution in [3.63, 3.8) is 0 Å². The van der Waals surface area contributed by atoms with E-state index in [1.807, 2.05) is 0 Å². The molecule has 1 saturated heterocycles. The molecule has 1 fully saturated rings. The molecular formula is C18H26N4O. The quantitative estimate of drug-likeness (QED) is 0.565. The Balaban J connectivity index is 1.55. The van der Waals surface area contributed by atoms with Crippen LogP contribution in [0.25, 0.3) is 0 Å². The maximum absolute atomic E-state index is 11.0. The molecule has 1 aliphatic rings. The lowest BCUT2D eigenvalue weighted by atomic mass is 10.2. The Hall–Kier alpha value is -1.77. The number of aromatic nitrogens is 2. The van der Waals surface area contributed by atoms with Crippen molar-refractivity contribution in [1.29, 1.82) is 0 Å². The summed E-state index contributed by atoms with van der Waals surface area (Å²) in [4.78, 5) is 23.8. The molecule has 5 nitrogen and oxygen atoms in total. The van der Waals surface area contributed by atoms with Crippen molar-refractivity contribution in [2.24, 2.45) is 0 Å². The van der Waals surface area contributed by atoms with Gasteiger partial charge in [0.25, 0.3) is 0 Å². The molecule has 1 aliphatic heterocycles. The Bertz CT molecular complexity index is 527. The first-order valence-electron chi connectivity index (χ1n) is 8.42. The second kappa shape index (κ2) is 10.1. The number of nitrogens with zero attached hydrogens (tertiary/aromatic N) is 4. The third-order valence-electron chi connectivity index (χ3n) is 4.04. The highest BCUT2D eigenvalue weighted by atomic mass is 16.1. The van der Waals surface area contributed by atoms with Crippen LogP contribution in [0.5, 0.6) is 0 Å². The summed E-state index contributed by atoms with van der Waals surface area (Å²) in [6.07, 6.45) is 8.72. The van der Waals surface area contributed by atoms with Crippen LogP contribution in [0.3, 0.4) is 0 Å². The van der Waals surface area contributed by atoms with Crippen molar-refractivity contribution >= 4 is 5.78 Å². The molecule has 23 heavy (non-hydrogen) atoms. The largest absolute Gasteiger partial charge is 0.301 e. The summed E-state index contributed by atoms with van der Waals surface area (Å²) in [7, 11) is 0. The fourth-order valence-electron chi connectivity index (χ4n) is 2.71. The second-order valence-electron chi connectivity index (χ2n) is 6.02. The van der Waals surface area contributed by atoms with Crippen molar-refractivity contribution < 1.29 is 4.79 Å². The average molecular weight is 314 g/mol. The van der Waals surface area contributed by atoms with Crippen LogP contribution in [-0.2, 0) is 4.79 Å². The number of Topliss-reactive ketones (excluding diaryl/α,β-unsaturated/α-hetero) is 1. The minimum Gasteiger partial charge on any atom is -0.301 e. The van der Waals surface area contributed by atoms with Crippen molar-refractivity contribution in [1.82, 2.24) is 19.8 Å². The van der Waals surface area contributed by atoms with Gasteiger partial charge in [-0.3, -0.25) is 0 Å². The Morgan fingerprint density at radius 1 is 1.09 bits per heavy atom. The van der Waals surface area contributed by atoms with Gasteiger partial charge in [-0.05, 0) is 32.9 Å². The maximum Gasteiger partial charge on any atom is 0.129 e. The highest BCUT2D eigenvalue weighted by Crippen LogP contribution is 2.05. The van der Waals surface area contributed by atoms with Crippen LogP contribution in [0.4, 0.5) is 0 Å². The monoisotopic (exact) mass is 314 g/mol. The molecule has 2 heterocycles.